The lowest BCUT2D eigenvalue weighted by Gasteiger charge is -2.18. The van der Waals surface area contributed by atoms with Crippen molar-refractivity contribution in [1.29, 1.82) is 0 Å². The minimum Gasteiger partial charge on any atom is -0.493 e. The van der Waals surface area contributed by atoms with Crippen molar-refractivity contribution in [2.75, 3.05) is 20.8 Å². The van der Waals surface area contributed by atoms with Crippen molar-refractivity contribution in [3.05, 3.63) is 41.5 Å². The highest BCUT2D eigenvalue weighted by molar-refractivity contribution is 5.94. The lowest BCUT2D eigenvalue weighted by Crippen LogP contribution is -2.04. The highest BCUT2D eigenvalue weighted by Gasteiger charge is 2.26. The topological polar surface area (TPSA) is 54.0 Å². The van der Waals surface area contributed by atoms with E-state index in [0.717, 1.165) is 16.7 Å². The number of ether oxygens (including phenoxy) is 4. The number of carbonyl (C=O) groups is 1. The van der Waals surface area contributed by atoms with Crippen LogP contribution >= 0.6 is 0 Å². The van der Waals surface area contributed by atoms with E-state index in [4.69, 9.17) is 18.9 Å². The number of hydrogen-bond donors (Lipinski definition) is 0. The van der Waals surface area contributed by atoms with Gasteiger partial charge in [0.2, 0.25) is 5.75 Å². The minimum atomic E-state index is -0.265. The Kier molecular flexibility index (Phi) is 3.99. The number of benzene rings is 2. The average molecular weight is 340 g/mol. The van der Waals surface area contributed by atoms with Gasteiger partial charge in [-0.25, -0.2) is 4.79 Å². The lowest BCUT2D eigenvalue weighted by atomic mass is 9.99. The SMILES string of the molecule is COc1ccc(-c2ccc3c(c2)COC3=O)c(OCC2CC2)c1OC. The van der Waals surface area contributed by atoms with Crippen molar-refractivity contribution in [3.8, 4) is 28.4 Å². The fourth-order valence-corrected chi connectivity index (χ4v) is 3.06. The van der Waals surface area contributed by atoms with Gasteiger partial charge in [-0.3, -0.25) is 0 Å². The number of methoxy groups -OCH3 is 2. The number of hydrogen-bond acceptors (Lipinski definition) is 5. The van der Waals surface area contributed by atoms with Crippen LogP contribution in [0.15, 0.2) is 30.3 Å². The third-order valence-corrected chi connectivity index (χ3v) is 4.66. The Hall–Kier alpha value is -2.69. The molecule has 0 aromatic heterocycles. The normalized spacial score (nSPS) is 15.5. The maximum Gasteiger partial charge on any atom is 0.338 e. The standard InChI is InChI=1S/C20H20O5/c1-22-17-8-7-15(18(19(17)23-2)24-10-12-3-4-12)13-5-6-16-14(9-13)11-25-20(16)21/h5-9,12H,3-4,10-11H2,1-2H3. The molecule has 1 heterocycles. The molecule has 0 bridgehead atoms. The molecular formula is C20H20O5. The van der Waals surface area contributed by atoms with Gasteiger partial charge in [0.25, 0.3) is 0 Å². The van der Waals surface area contributed by atoms with E-state index in [0.29, 0.717) is 41.9 Å². The van der Waals surface area contributed by atoms with Crippen molar-refractivity contribution in [3.63, 3.8) is 0 Å². The van der Waals surface area contributed by atoms with Gasteiger partial charge in [-0.15, -0.1) is 0 Å². The molecule has 1 saturated carbocycles. The Labute approximate surface area is 146 Å². The van der Waals surface area contributed by atoms with Crippen molar-refractivity contribution in [2.45, 2.75) is 19.4 Å². The molecular weight excluding hydrogens is 320 g/mol. The molecule has 1 fully saturated rings. The lowest BCUT2D eigenvalue weighted by molar-refractivity contribution is 0.0535. The Balaban J connectivity index is 1.78. The monoisotopic (exact) mass is 340 g/mol. The number of cyclic esters (lactones) is 1. The van der Waals surface area contributed by atoms with E-state index in [9.17, 15) is 4.79 Å². The van der Waals surface area contributed by atoms with Gasteiger partial charge in [-0.05, 0) is 48.6 Å². The van der Waals surface area contributed by atoms with Gasteiger partial charge in [-0.2, -0.15) is 0 Å². The summed E-state index contributed by atoms with van der Waals surface area (Å²) < 4.78 is 22.2. The van der Waals surface area contributed by atoms with Crippen LogP contribution in [0.4, 0.5) is 0 Å². The van der Waals surface area contributed by atoms with Crippen molar-refractivity contribution < 1.29 is 23.7 Å². The second-order valence-electron chi connectivity index (χ2n) is 6.38. The van der Waals surface area contributed by atoms with E-state index < -0.39 is 0 Å². The summed E-state index contributed by atoms with van der Waals surface area (Å²) >= 11 is 0. The summed E-state index contributed by atoms with van der Waals surface area (Å²) in [6.45, 7) is 0.983. The van der Waals surface area contributed by atoms with E-state index >= 15 is 0 Å². The third-order valence-electron chi connectivity index (χ3n) is 4.66. The van der Waals surface area contributed by atoms with E-state index in [1.54, 1.807) is 20.3 Å². The summed E-state index contributed by atoms with van der Waals surface area (Å²) in [5, 5.41) is 0. The van der Waals surface area contributed by atoms with Crippen molar-refractivity contribution in [2.24, 2.45) is 5.92 Å². The zero-order chi connectivity index (χ0) is 17.4. The van der Waals surface area contributed by atoms with Gasteiger partial charge in [0.05, 0.1) is 26.4 Å². The maximum atomic E-state index is 11.7. The number of fused-ring (bicyclic) bond motifs is 1. The summed E-state index contributed by atoms with van der Waals surface area (Å²) in [5.41, 5.74) is 3.40. The van der Waals surface area contributed by atoms with Crippen LogP contribution in [-0.2, 0) is 11.3 Å². The smallest absolute Gasteiger partial charge is 0.338 e. The van der Waals surface area contributed by atoms with Crippen LogP contribution in [-0.4, -0.2) is 26.8 Å². The summed E-state index contributed by atoms with van der Waals surface area (Å²) in [4.78, 5) is 11.7. The number of carbonyl (C=O) groups excluding carboxylic acids is 1. The maximum absolute atomic E-state index is 11.7. The molecule has 2 aliphatic rings. The Morgan fingerprint density at radius 1 is 1.04 bits per heavy atom. The molecule has 0 atom stereocenters. The first-order chi connectivity index (χ1) is 12.2. The highest BCUT2D eigenvalue weighted by atomic mass is 16.5. The molecule has 1 aliphatic heterocycles. The van der Waals surface area contributed by atoms with Crippen LogP contribution in [0.3, 0.4) is 0 Å². The van der Waals surface area contributed by atoms with Gasteiger partial charge in [0.1, 0.15) is 6.61 Å². The van der Waals surface area contributed by atoms with Crippen LogP contribution < -0.4 is 14.2 Å². The van der Waals surface area contributed by atoms with Crippen LogP contribution in [0.2, 0.25) is 0 Å². The zero-order valence-corrected chi connectivity index (χ0v) is 14.3. The fraction of sp³-hybridized carbons (Fsp3) is 0.350. The molecule has 2 aromatic carbocycles. The van der Waals surface area contributed by atoms with Crippen molar-refractivity contribution >= 4 is 5.97 Å². The fourth-order valence-electron chi connectivity index (χ4n) is 3.06. The molecule has 130 valence electrons. The second-order valence-corrected chi connectivity index (χ2v) is 6.38. The third kappa shape index (κ3) is 2.90. The molecule has 5 heteroatoms. The molecule has 1 aliphatic carbocycles. The Morgan fingerprint density at radius 2 is 1.84 bits per heavy atom. The van der Waals surface area contributed by atoms with Gasteiger partial charge >= 0.3 is 5.97 Å². The molecule has 25 heavy (non-hydrogen) atoms. The summed E-state index contributed by atoms with van der Waals surface area (Å²) in [7, 11) is 3.22. The quantitative estimate of drug-likeness (QED) is 0.748. The molecule has 0 unspecified atom stereocenters. The largest absolute Gasteiger partial charge is 0.493 e. The average Bonchev–Trinajstić information content (AvgIpc) is 3.41. The predicted molar refractivity (Wildman–Crippen MR) is 92.3 cm³/mol. The highest BCUT2D eigenvalue weighted by Crippen LogP contribution is 2.46. The molecule has 0 saturated heterocycles. The first-order valence-electron chi connectivity index (χ1n) is 8.39. The Bertz CT molecular complexity index is 823. The van der Waals surface area contributed by atoms with Crippen molar-refractivity contribution in [1.82, 2.24) is 0 Å². The molecule has 0 amide bonds. The minimum absolute atomic E-state index is 0.265. The van der Waals surface area contributed by atoms with Crippen LogP contribution in [0.5, 0.6) is 17.2 Å². The molecule has 4 rings (SSSR count). The predicted octanol–water partition coefficient (Wildman–Crippen LogP) is 3.83. The first-order valence-corrected chi connectivity index (χ1v) is 8.39. The van der Waals surface area contributed by atoms with Gasteiger partial charge < -0.3 is 18.9 Å². The number of esters is 1. The van der Waals surface area contributed by atoms with Crippen LogP contribution in [0.25, 0.3) is 11.1 Å². The van der Waals surface area contributed by atoms with Crippen LogP contribution in [0, 0.1) is 5.92 Å². The number of rotatable bonds is 6. The molecule has 2 aromatic rings. The van der Waals surface area contributed by atoms with Crippen LogP contribution in [0.1, 0.15) is 28.8 Å². The van der Waals surface area contributed by atoms with Gasteiger partial charge in [0.15, 0.2) is 11.5 Å². The molecule has 0 N–H and O–H groups in total. The second kappa shape index (κ2) is 6.31. The van der Waals surface area contributed by atoms with E-state index in [1.807, 2.05) is 24.3 Å². The zero-order valence-electron chi connectivity index (χ0n) is 14.3. The summed E-state index contributed by atoms with van der Waals surface area (Å²) in [5.74, 6) is 2.26. The van der Waals surface area contributed by atoms with E-state index in [-0.39, 0.29) is 5.97 Å². The van der Waals surface area contributed by atoms with E-state index in [1.165, 1.54) is 12.8 Å². The summed E-state index contributed by atoms with van der Waals surface area (Å²) in [6.07, 6.45) is 2.42. The first kappa shape index (κ1) is 15.8. The Morgan fingerprint density at radius 3 is 2.56 bits per heavy atom. The van der Waals surface area contributed by atoms with E-state index in [2.05, 4.69) is 0 Å². The van der Waals surface area contributed by atoms with Gasteiger partial charge in [-0.1, -0.05) is 6.07 Å². The molecule has 5 nitrogen and oxygen atoms in total. The molecule has 0 radical (unpaired) electrons. The summed E-state index contributed by atoms with van der Waals surface area (Å²) in [6, 6.07) is 9.53. The van der Waals surface area contributed by atoms with Gasteiger partial charge in [0, 0.05) is 11.1 Å². The molecule has 0 spiro atoms.